The van der Waals surface area contributed by atoms with E-state index < -0.39 is 0 Å². The molecule has 1 aliphatic rings. The Bertz CT molecular complexity index is 302. The van der Waals surface area contributed by atoms with Gasteiger partial charge in [-0.2, -0.15) is 0 Å². The summed E-state index contributed by atoms with van der Waals surface area (Å²) in [6, 6.07) is 2.28. The third kappa shape index (κ3) is 2.28. The summed E-state index contributed by atoms with van der Waals surface area (Å²) in [5, 5.41) is 14.9. The molecule has 0 radical (unpaired) electrons. The Balaban J connectivity index is 1.85. The zero-order valence-corrected chi connectivity index (χ0v) is 9.44. The highest BCUT2D eigenvalue weighted by atomic mass is 35.5. The van der Waals surface area contributed by atoms with Gasteiger partial charge < -0.3 is 10.4 Å². The van der Waals surface area contributed by atoms with E-state index in [-0.39, 0.29) is 12.1 Å². The first-order valence-corrected chi connectivity index (χ1v) is 6.16. The van der Waals surface area contributed by atoms with Gasteiger partial charge in [-0.3, -0.25) is 0 Å². The van der Waals surface area contributed by atoms with Crippen molar-refractivity contribution in [1.82, 2.24) is 5.32 Å². The van der Waals surface area contributed by atoms with Crippen LogP contribution in [0.25, 0.3) is 0 Å². The smallest absolute Gasteiger partial charge is 0.0973 e. The summed E-state index contributed by atoms with van der Waals surface area (Å²) in [5.74, 6) is 0. The van der Waals surface area contributed by atoms with Crippen molar-refractivity contribution in [2.24, 2.45) is 0 Å². The van der Waals surface area contributed by atoms with Crippen LogP contribution in [0.3, 0.4) is 0 Å². The second-order valence-electron chi connectivity index (χ2n) is 3.71. The molecule has 2 N–H and O–H groups in total. The van der Waals surface area contributed by atoms with Crippen molar-refractivity contribution in [3.63, 3.8) is 0 Å². The first kappa shape index (κ1) is 10.4. The van der Waals surface area contributed by atoms with Gasteiger partial charge in [0.2, 0.25) is 0 Å². The van der Waals surface area contributed by atoms with Gasteiger partial charge in [-0.15, -0.1) is 11.3 Å². The average molecular weight is 232 g/mol. The lowest BCUT2D eigenvalue weighted by Gasteiger charge is -2.15. The molecule has 0 spiro atoms. The molecular weight excluding hydrogens is 218 g/mol. The Morgan fingerprint density at radius 1 is 1.57 bits per heavy atom. The van der Waals surface area contributed by atoms with Crippen LogP contribution in [0.1, 0.15) is 24.8 Å². The van der Waals surface area contributed by atoms with Crippen molar-refractivity contribution in [3.05, 3.63) is 21.3 Å². The average Bonchev–Trinajstić information content (AvgIpc) is 2.72. The van der Waals surface area contributed by atoms with Crippen LogP contribution in [-0.2, 0) is 6.54 Å². The zero-order chi connectivity index (χ0) is 9.97. The lowest BCUT2D eigenvalue weighted by molar-refractivity contribution is 0.148. The molecule has 0 bridgehead atoms. The Hall–Kier alpha value is -0.0900. The summed E-state index contributed by atoms with van der Waals surface area (Å²) in [6.45, 7) is 0.768. The van der Waals surface area contributed by atoms with Crippen LogP contribution < -0.4 is 5.32 Å². The molecule has 0 unspecified atom stereocenters. The maximum absolute atomic E-state index is 9.59. The van der Waals surface area contributed by atoms with Crippen LogP contribution in [0, 0.1) is 0 Å². The minimum absolute atomic E-state index is 0.174. The lowest BCUT2D eigenvalue weighted by Crippen LogP contribution is -2.34. The fraction of sp³-hybridized carbons (Fsp3) is 0.600. The van der Waals surface area contributed by atoms with Gasteiger partial charge in [-0.05, 0) is 36.3 Å². The molecule has 1 aliphatic carbocycles. The normalized spacial score (nSPS) is 27.0. The zero-order valence-electron chi connectivity index (χ0n) is 7.87. The van der Waals surface area contributed by atoms with E-state index in [2.05, 4.69) is 5.32 Å². The van der Waals surface area contributed by atoms with Crippen LogP contribution in [0.4, 0.5) is 0 Å². The maximum Gasteiger partial charge on any atom is 0.0973 e. The number of rotatable bonds is 3. The molecule has 2 rings (SSSR count). The molecule has 1 heterocycles. The molecule has 0 aromatic carbocycles. The van der Waals surface area contributed by atoms with Crippen molar-refractivity contribution in [1.29, 1.82) is 0 Å². The van der Waals surface area contributed by atoms with Gasteiger partial charge >= 0.3 is 0 Å². The predicted molar refractivity (Wildman–Crippen MR) is 59.8 cm³/mol. The maximum atomic E-state index is 9.59. The molecule has 2 nitrogen and oxygen atoms in total. The number of hydrogen-bond donors (Lipinski definition) is 2. The van der Waals surface area contributed by atoms with E-state index in [0.29, 0.717) is 0 Å². The fourth-order valence-corrected chi connectivity index (χ4v) is 2.79. The van der Waals surface area contributed by atoms with Crippen molar-refractivity contribution < 1.29 is 5.11 Å². The molecule has 0 aliphatic heterocycles. The number of aliphatic hydroxyl groups is 1. The second kappa shape index (κ2) is 4.62. The highest BCUT2D eigenvalue weighted by Gasteiger charge is 2.24. The molecular formula is C10H14ClNOS. The summed E-state index contributed by atoms with van der Waals surface area (Å²) in [5.41, 5.74) is 1.13. The molecule has 1 aromatic rings. The Morgan fingerprint density at radius 2 is 2.43 bits per heavy atom. The van der Waals surface area contributed by atoms with Crippen LogP contribution in [0.15, 0.2) is 11.4 Å². The van der Waals surface area contributed by atoms with Crippen molar-refractivity contribution in [2.75, 3.05) is 0 Å². The molecule has 1 aromatic heterocycles. The van der Waals surface area contributed by atoms with E-state index in [1.807, 2.05) is 11.4 Å². The standard InChI is InChI=1S/C10H14ClNOS/c11-10-7(4-5-14-10)6-12-8-2-1-3-9(8)13/h4-5,8-9,12-13H,1-3,6H2/t8-,9-/m0/s1. The molecule has 4 heteroatoms. The van der Waals surface area contributed by atoms with Gasteiger partial charge in [-0.1, -0.05) is 11.6 Å². The van der Waals surface area contributed by atoms with E-state index in [4.69, 9.17) is 11.6 Å². The second-order valence-corrected chi connectivity index (χ2v) is 5.22. The Labute approximate surface area is 92.9 Å². The van der Waals surface area contributed by atoms with Gasteiger partial charge in [0.15, 0.2) is 0 Å². The van der Waals surface area contributed by atoms with Crippen molar-refractivity contribution >= 4 is 22.9 Å². The molecule has 1 saturated carbocycles. The third-order valence-corrected chi connectivity index (χ3v) is 3.98. The SMILES string of the molecule is O[C@H]1CCC[C@@H]1NCc1ccsc1Cl. The number of hydrogen-bond acceptors (Lipinski definition) is 3. The molecule has 14 heavy (non-hydrogen) atoms. The van der Waals surface area contributed by atoms with E-state index >= 15 is 0 Å². The van der Waals surface area contributed by atoms with Crippen molar-refractivity contribution in [2.45, 2.75) is 38.0 Å². The Kier molecular flexibility index (Phi) is 3.44. The van der Waals surface area contributed by atoms with E-state index in [0.717, 1.165) is 35.7 Å². The molecule has 1 fully saturated rings. The molecule has 0 amide bonds. The summed E-state index contributed by atoms with van der Waals surface area (Å²) in [4.78, 5) is 0. The molecule has 0 saturated heterocycles. The molecule has 2 atom stereocenters. The van der Waals surface area contributed by atoms with E-state index in [1.165, 1.54) is 0 Å². The number of halogens is 1. The lowest BCUT2D eigenvalue weighted by atomic mass is 10.2. The van der Waals surface area contributed by atoms with E-state index in [1.54, 1.807) is 11.3 Å². The van der Waals surface area contributed by atoms with Gasteiger partial charge in [0.1, 0.15) is 0 Å². The van der Waals surface area contributed by atoms with Gasteiger partial charge in [-0.25, -0.2) is 0 Å². The van der Waals surface area contributed by atoms with E-state index in [9.17, 15) is 5.11 Å². The highest BCUT2D eigenvalue weighted by Crippen LogP contribution is 2.24. The monoisotopic (exact) mass is 231 g/mol. The van der Waals surface area contributed by atoms with Crippen LogP contribution in [0.5, 0.6) is 0 Å². The van der Waals surface area contributed by atoms with Crippen LogP contribution in [0.2, 0.25) is 4.34 Å². The van der Waals surface area contributed by atoms with Gasteiger partial charge in [0.05, 0.1) is 10.4 Å². The number of nitrogens with one attached hydrogen (secondary N) is 1. The highest BCUT2D eigenvalue weighted by molar-refractivity contribution is 7.14. The topological polar surface area (TPSA) is 32.3 Å². The minimum atomic E-state index is -0.174. The van der Waals surface area contributed by atoms with Gasteiger partial charge in [0.25, 0.3) is 0 Å². The van der Waals surface area contributed by atoms with Crippen LogP contribution >= 0.6 is 22.9 Å². The number of thiophene rings is 1. The van der Waals surface area contributed by atoms with Crippen molar-refractivity contribution in [3.8, 4) is 0 Å². The fourth-order valence-electron chi connectivity index (χ4n) is 1.87. The largest absolute Gasteiger partial charge is 0.392 e. The Morgan fingerprint density at radius 3 is 3.00 bits per heavy atom. The summed E-state index contributed by atoms with van der Waals surface area (Å²) in [6.07, 6.45) is 2.95. The summed E-state index contributed by atoms with van der Waals surface area (Å²) < 4.78 is 0.852. The first-order valence-electron chi connectivity index (χ1n) is 4.90. The predicted octanol–water partition coefficient (Wildman–Crippen LogP) is 2.40. The van der Waals surface area contributed by atoms with Crippen LogP contribution in [-0.4, -0.2) is 17.3 Å². The first-order chi connectivity index (χ1) is 6.77. The minimum Gasteiger partial charge on any atom is -0.392 e. The summed E-state index contributed by atoms with van der Waals surface area (Å²) >= 11 is 7.53. The molecule has 78 valence electrons. The summed E-state index contributed by atoms with van der Waals surface area (Å²) in [7, 11) is 0. The number of aliphatic hydroxyl groups excluding tert-OH is 1. The van der Waals surface area contributed by atoms with Gasteiger partial charge in [0, 0.05) is 12.6 Å². The quantitative estimate of drug-likeness (QED) is 0.838. The third-order valence-electron chi connectivity index (χ3n) is 2.73.